The Kier molecular flexibility index (Phi) is 5.07. The van der Waals surface area contributed by atoms with Gasteiger partial charge in [-0.1, -0.05) is 15.9 Å². The molecule has 140 valence electrons. The molecule has 27 heavy (non-hydrogen) atoms. The van der Waals surface area contributed by atoms with E-state index < -0.39 is 0 Å². The number of benzene rings is 1. The van der Waals surface area contributed by atoms with E-state index in [1.165, 1.54) is 0 Å². The van der Waals surface area contributed by atoms with Gasteiger partial charge in [0.2, 0.25) is 0 Å². The van der Waals surface area contributed by atoms with Crippen LogP contribution >= 0.6 is 15.9 Å². The summed E-state index contributed by atoms with van der Waals surface area (Å²) in [5, 5.41) is 8.14. The van der Waals surface area contributed by atoms with Gasteiger partial charge in [-0.15, -0.1) is 0 Å². The van der Waals surface area contributed by atoms with Crippen molar-refractivity contribution in [1.29, 1.82) is 0 Å². The molecular formula is C19H21BrN6O. The van der Waals surface area contributed by atoms with Gasteiger partial charge in [0.25, 0.3) is 5.91 Å². The molecule has 1 saturated heterocycles. The Morgan fingerprint density at radius 3 is 2.85 bits per heavy atom. The van der Waals surface area contributed by atoms with Crippen molar-refractivity contribution >= 4 is 38.6 Å². The molecule has 0 saturated carbocycles. The number of anilines is 1. The Morgan fingerprint density at radius 1 is 1.30 bits per heavy atom. The second-order valence-corrected chi connectivity index (χ2v) is 7.82. The van der Waals surface area contributed by atoms with E-state index in [0.29, 0.717) is 18.0 Å². The van der Waals surface area contributed by atoms with Gasteiger partial charge in [0.1, 0.15) is 12.1 Å². The summed E-state index contributed by atoms with van der Waals surface area (Å²) in [5.41, 5.74) is 1.56. The lowest BCUT2D eigenvalue weighted by Crippen LogP contribution is -2.39. The lowest BCUT2D eigenvalue weighted by molar-refractivity contribution is 0.0945. The molecule has 3 aromatic rings. The van der Waals surface area contributed by atoms with Crippen LogP contribution in [0.4, 0.5) is 5.82 Å². The molecule has 1 N–H and O–H groups in total. The molecule has 1 aromatic carbocycles. The summed E-state index contributed by atoms with van der Waals surface area (Å²) in [6, 6.07) is 6.08. The molecule has 4 rings (SSSR count). The molecule has 1 aliphatic heterocycles. The SMILES string of the molecule is Cn1cc(C(=O)NCC2CCN(c3ncnc4ccc(Br)cc34)CC2)cn1. The standard InChI is InChI=1S/C19H21BrN6O/c1-25-11-14(10-24-25)19(27)21-9-13-4-6-26(7-5-13)18-16-8-15(20)2-3-17(16)22-12-23-18/h2-3,8,10-13H,4-7,9H2,1H3,(H,21,27). The first-order valence-electron chi connectivity index (χ1n) is 9.02. The van der Waals surface area contributed by atoms with Crippen molar-refractivity contribution < 1.29 is 4.79 Å². The minimum atomic E-state index is -0.0582. The predicted molar refractivity (Wildman–Crippen MR) is 108 cm³/mol. The number of nitrogens with zero attached hydrogens (tertiary/aromatic N) is 5. The van der Waals surface area contributed by atoms with Crippen molar-refractivity contribution in [3.05, 3.63) is 47.0 Å². The van der Waals surface area contributed by atoms with Crippen molar-refractivity contribution in [2.45, 2.75) is 12.8 Å². The molecule has 8 heteroatoms. The number of hydrogen-bond donors (Lipinski definition) is 1. The van der Waals surface area contributed by atoms with Crippen LogP contribution in [0.5, 0.6) is 0 Å². The van der Waals surface area contributed by atoms with Gasteiger partial charge in [-0.25, -0.2) is 9.97 Å². The first-order chi connectivity index (χ1) is 13.1. The van der Waals surface area contributed by atoms with Gasteiger partial charge in [0, 0.05) is 42.7 Å². The normalized spacial score (nSPS) is 15.3. The molecule has 0 aliphatic carbocycles. The number of aryl methyl sites for hydroxylation is 1. The maximum absolute atomic E-state index is 12.2. The van der Waals surface area contributed by atoms with Gasteiger partial charge in [0.05, 0.1) is 17.3 Å². The van der Waals surface area contributed by atoms with Crippen LogP contribution in [0.25, 0.3) is 10.9 Å². The zero-order valence-electron chi connectivity index (χ0n) is 15.1. The van der Waals surface area contributed by atoms with E-state index in [0.717, 1.165) is 47.1 Å². The van der Waals surface area contributed by atoms with Crippen LogP contribution in [0.2, 0.25) is 0 Å². The van der Waals surface area contributed by atoms with Gasteiger partial charge in [-0.05, 0) is 37.0 Å². The number of carbonyl (C=O) groups is 1. The summed E-state index contributed by atoms with van der Waals surface area (Å²) in [6.07, 6.45) is 7.00. The molecular weight excluding hydrogens is 408 g/mol. The van der Waals surface area contributed by atoms with Crippen LogP contribution < -0.4 is 10.2 Å². The molecule has 2 aromatic heterocycles. The highest BCUT2D eigenvalue weighted by molar-refractivity contribution is 9.10. The molecule has 0 unspecified atom stereocenters. The van der Waals surface area contributed by atoms with E-state index in [-0.39, 0.29) is 5.91 Å². The van der Waals surface area contributed by atoms with Gasteiger partial charge < -0.3 is 10.2 Å². The number of carbonyl (C=O) groups excluding carboxylic acids is 1. The molecule has 1 fully saturated rings. The van der Waals surface area contributed by atoms with E-state index in [4.69, 9.17) is 0 Å². The van der Waals surface area contributed by atoms with E-state index in [1.54, 1.807) is 23.4 Å². The van der Waals surface area contributed by atoms with Crippen LogP contribution in [0.15, 0.2) is 41.4 Å². The minimum absolute atomic E-state index is 0.0582. The highest BCUT2D eigenvalue weighted by atomic mass is 79.9. The summed E-state index contributed by atoms with van der Waals surface area (Å²) in [5.74, 6) is 1.40. The summed E-state index contributed by atoms with van der Waals surface area (Å²) < 4.78 is 2.66. The molecule has 3 heterocycles. The van der Waals surface area contributed by atoms with Crippen molar-refractivity contribution in [3.63, 3.8) is 0 Å². The van der Waals surface area contributed by atoms with Crippen molar-refractivity contribution in [3.8, 4) is 0 Å². The van der Waals surface area contributed by atoms with Crippen molar-refractivity contribution in [1.82, 2.24) is 25.1 Å². The van der Waals surface area contributed by atoms with E-state index in [9.17, 15) is 4.79 Å². The van der Waals surface area contributed by atoms with Crippen LogP contribution in [0, 0.1) is 5.92 Å². The number of fused-ring (bicyclic) bond motifs is 1. The molecule has 0 spiro atoms. The second kappa shape index (κ2) is 7.64. The summed E-state index contributed by atoms with van der Waals surface area (Å²) >= 11 is 3.53. The van der Waals surface area contributed by atoms with Gasteiger partial charge in [0.15, 0.2) is 0 Å². The number of piperidine rings is 1. The van der Waals surface area contributed by atoms with Crippen LogP contribution in [-0.2, 0) is 7.05 Å². The molecule has 1 amide bonds. The summed E-state index contributed by atoms with van der Waals surface area (Å²) in [7, 11) is 1.81. The number of nitrogens with one attached hydrogen (secondary N) is 1. The Bertz CT molecular complexity index is 964. The topological polar surface area (TPSA) is 75.9 Å². The van der Waals surface area contributed by atoms with Gasteiger partial charge in [-0.3, -0.25) is 9.48 Å². The summed E-state index contributed by atoms with van der Waals surface area (Å²) in [6.45, 7) is 2.54. The Hall–Kier alpha value is -2.48. The number of halogens is 1. The zero-order valence-corrected chi connectivity index (χ0v) is 16.7. The van der Waals surface area contributed by atoms with Crippen molar-refractivity contribution in [2.75, 3.05) is 24.5 Å². The molecule has 0 atom stereocenters. The number of amides is 1. The largest absolute Gasteiger partial charge is 0.356 e. The maximum atomic E-state index is 12.2. The first-order valence-corrected chi connectivity index (χ1v) is 9.81. The third kappa shape index (κ3) is 3.95. The molecule has 0 bridgehead atoms. The Balaban J connectivity index is 1.37. The molecule has 1 aliphatic rings. The highest BCUT2D eigenvalue weighted by Crippen LogP contribution is 2.29. The first kappa shape index (κ1) is 17.9. The summed E-state index contributed by atoms with van der Waals surface area (Å²) in [4.78, 5) is 23.4. The Morgan fingerprint density at radius 2 is 2.11 bits per heavy atom. The third-order valence-electron chi connectivity index (χ3n) is 5.01. The lowest BCUT2D eigenvalue weighted by Gasteiger charge is -2.33. The Labute approximate surface area is 165 Å². The van der Waals surface area contributed by atoms with Crippen LogP contribution in [-0.4, -0.2) is 45.3 Å². The second-order valence-electron chi connectivity index (χ2n) is 6.90. The van der Waals surface area contributed by atoms with Crippen LogP contribution in [0.1, 0.15) is 23.2 Å². The fourth-order valence-corrected chi connectivity index (χ4v) is 3.85. The smallest absolute Gasteiger partial charge is 0.254 e. The number of rotatable bonds is 4. The quantitative estimate of drug-likeness (QED) is 0.691. The maximum Gasteiger partial charge on any atom is 0.254 e. The number of hydrogen-bond acceptors (Lipinski definition) is 5. The van der Waals surface area contributed by atoms with Crippen LogP contribution in [0.3, 0.4) is 0 Å². The molecule has 0 radical (unpaired) electrons. The predicted octanol–water partition coefficient (Wildman–Crippen LogP) is 2.77. The number of aromatic nitrogens is 4. The van der Waals surface area contributed by atoms with Crippen molar-refractivity contribution in [2.24, 2.45) is 13.0 Å². The van der Waals surface area contributed by atoms with E-state index >= 15 is 0 Å². The third-order valence-corrected chi connectivity index (χ3v) is 5.50. The zero-order chi connectivity index (χ0) is 18.8. The monoisotopic (exact) mass is 428 g/mol. The fourth-order valence-electron chi connectivity index (χ4n) is 3.49. The minimum Gasteiger partial charge on any atom is -0.356 e. The fraction of sp³-hybridized carbons (Fsp3) is 0.368. The van der Waals surface area contributed by atoms with E-state index in [2.05, 4.69) is 47.3 Å². The van der Waals surface area contributed by atoms with Gasteiger partial charge in [-0.2, -0.15) is 5.10 Å². The highest BCUT2D eigenvalue weighted by Gasteiger charge is 2.22. The lowest BCUT2D eigenvalue weighted by atomic mass is 9.96. The average molecular weight is 429 g/mol. The average Bonchev–Trinajstić information content (AvgIpc) is 3.12. The molecule has 7 nitrogen and oxygen atoms in total. The van der Waals surface area contributed by atoms with Gasteiger partial charge >= 0.3 is 0 Å². The van der Waals surface area contributed by atoms with E-state index in [1.807, 2.05) is 19.2 Å².